The van der Waals surface area contributed by atoms with Gasteiger partial charge in [-0.25, -0.2) is 0 Å². The van der Waals surface area contributed by atoms with Gasteiger partial charge < -0.3 is 10.4 Å². The zero-order valence-electron chi connectivity index (χ0n) is 13.5. The maximum absolute atomic E-state index is 12.4. The van der Waals surface area contributed by atoms with Crippen molar-refractivity contribution < 1.29 is 14.7 Å². The largest absolute Gasteiger partial charge is 0.481 e. The summed E-state index contributed by atoms with van der Waals surface area (Å²) >= 11 is 6.12. The van der Waals surface area contributed by atoms with Gasteiger partial charge in [0.2, 0.25) is 5.91 Å². The molecular formula is C17H24ClNO3. The Morgan fingerprint density at radius 3 is 2.36 bits per heavy atom. The zero-order chi connectivity index (χ0) is 16.9. The van der Waals surface area contributed by atoms with Crippen LogP contribution in [0.1, 0.15) is 39.7 Å². The molecule has 22 heavy (non-hydrogen) atoms. The van der Waals surface area contributed by atoms with E-state index in [1.165, 1.54) is 0 Å². The van der Waals surface area contributed by atoms with Gasteiger partial charge in [-0.3, -0.25) is 9.59 Å². The van der Waals surface area contributed by atoms with Gasteiger partial charge in [-0.2, -0.15) is 0 Å². The second kappa shape index (κ2) is 7.63. The number of hydrogen-bond acceptors (Lipinski definition) is 2. The lowest BCUT2D eigenvalue weighted by Gasteiger charge is -2.34. The van der Waals surface area contributed by atoms with Crippen LogP contribution < -0.4 is 5.32 Å². The van der Waals surface area contributed by atoms with Crippen molar-refractivity contribution in [3.05, 3.63) is 34.9 Å². The molecule has 0 bridgehead atoms. The topological polar surface area (TPSA) is 66.4 Å². The summed E-state index contributed by atoms with van der Waals surface area (Å²) < 4.78 is 0. The molecule has 0 aromatic heterocycles. The Labute approximate surface area is 136 Å². The third-order valence-corrected chi connectivity index (χ3v) is 4.50. The minimum atomic E-state index is -0.921. The van der Waals surface area contributed by atoms with Crippen molar-refractivity contribution in [1.29, 1.82) is 0 Å². The third kappa shape index (κ3) is 5.02. The molecule has 0 spiro atoms. The summed E-state index contributed by atoms with van der Waals surface area (Å²) in [4.78, 5) is 23.5. The summed E-state index contributed by atoms with van der Waals surface area (Å²) in [5, 5.41) is 12.6. The first-order valence-corrected chi connectivity index (χ1v) is 7.80. The van der Waals surface area contributed by atoms with Crippen LogP contribution in [0.15, 0.2) is 24.3 Å². The molecule has 2 N–H and O–H groups in total. The highest BCUT2D eigenvalue weighted by atomic mass is 35.5. The van der Waals surface area contributed by atoms with E-state index in [1.807, 2.05) is 39.0 Å². The number of carbonyl (C=O) groups is 2. The third-order valence-electron chi connectivity index (χ3n) is 4.13. The van der Waals surface area contributed by atoms with Gasteiger partial charge in [0.05, 0.1) is 6.42 Å². The highest BCUT2D eigenvalue weighted by molar-refractivity contribution is 6.31. The summed E-state index contributed by atoms with van der Waals surface area (Å²) in [6.45, 7) is 7.40. The number of hydrogen-bond donors (Lipinski definition) is 2. The van der Waals surface area contributed by atoms with Gasteiger partial charge in [0, 0.05) is 16.5 Å². The molecule has 0 radical (unpaired) electrons. The number of carboxylic acid groups (broad SMARTS) is 1. The fourth-order valence-electron chi connectivity index (χ4n) is 2.20. The molecule has 1 aromatic carbocycles. The SMILES string of the molecule is CC(Cc1ccccc1Cl)C(=O)NC(C)(CC(=O)O)C(C)C. The maximum Gasteiger partial charge on any atom is 0.305 e. The molecule has 0 saturated heterocycles. The van der Waals surface area contributed by atoms with Gasteiger partial charge in [0.25, 0.3) is 0 Å². The molecule has 5 heteroatoms. The molecule has 0 aliphatic heterocycles. The molecule has 2 unspecified atom stereocenters. The fourth-order valence-corrected chi connectivity index (χ4v) is 2.41. The van der Waals surface area contributed by atoms with Crippen LogP contribution in [0.2, 0.25) is 5.02 Å². The standard InChI is InChI=1S/C17H24ClNO3/c1-11(2)17(4,10-15(20)21)19-16(22)12(3)9-13-7-5-6-8-14(13)18/h5-8,11-12H,9-10H2,1-4H3,(H,19,22)(H,20,21). The molecular weight excluding hydrogens is 302 g/mol. The highest BCUT2D eigenvalue weighted by Gasteiger charge is 2.34. The van der Waals surface area contributed by atoms with Crippen LogP contribution in [0.4, 0.5) is 0 Å². The van der Waals surface area contributed by atoms with Gasteiger partial charge in [-0.05, 0) is 30.9 Å². The molecule has 2 atom stereocenters. The van der Waals surface area contributed by atoms with Crippen LogP contribution in [0.5, 0.6) is 0 Å². The van der Waals surface area contributed by atoms with Gasteiger partial charge >= 0.3 is 5.97 Å². The number of nitrogens with one attached hydrogen (secondary N) is 1. The van der Waals surface area contributed by atoms with Gasteiger partial charge in [0.1, 0.15) is 0 Å². The van der Waals surface area contributed by atoms with E-state index in [0.717, 1.165) is 5.56 Å². The van der Waals surface area contributed by atoms with Crippen molar-refractivity contribution >= 4 is 23.5 Å². The lowest BCUT2D eigenvalue weighted by atomic mass is 9.84. The second-order valence-electron chi connectivity index (χ2n) is 6.33. The van der Waals surface area contributed by atoms with E-state index in [9.17, 15) is 9.59 Å². The van der Waals surface area contributed by atoms with E-state index in [0.29, 0.717) is 11.4 Å². The molecule has 0 heterocycles. The second-order valence-corrected chi connectivity index (χ2v) is 6.74. The molecule has 0 saturated carbocycles. The Bertz CT molecular complexity index is 544. The van der Waals surface area contributed by atoms with Crippen molar-refractivity contribution in [1.82, 2.24) is 5.32 Å². The Balaban J connectivity index is 2.77. The molecule has 122 valence electrons. The number of benzene rings is 1. The quantitative estimate of drug-likeness (QED) is 0.806. The number of rotatable bonds is 7. The minimum Gasteiger partial charge on any atom is -0.481 e. The molecule has 1 amide bonds. The fraction of sp³-hybridized carbons (Fsp3) is 0.529. The van der Waals surface area contributed by atoms with Crippen LogP contribution in [0.25, 0.3) is 0 Å². The van der Waals surface area contributed by atoms with E-state index < -0.39 is 11.5 Å². The smallest absolute Gasteiger partial charge is 0.305 e. The van der Waals surface area contributed by atoms with Crippen molar-refractivity contribution in [2.75, 3.05) is 0 Å². The highest BCUT2D eigenvalue weighted by Crippen LogP contribution is 2.23. The first-order valence-electron chi connectivity index (χ1n) is 7.43. The lowest BCUT2D eigenvalue weighted by Crippen LogP contribution is -2.52. The van der Waals surface area contributed by atoms with Crippen LogP contribution in [-0.4, -0.2) is 22.5 Å². The maximum atomic E-state index is 12.4. The molecule has 0 fully saturated rings. The van der Waals surface area contributed by atoms with Crippen molar-refractivity contribution in [2.24, 2.45) is 11.8 Å². The Kier molecular flexibility index (Phi) is 6.42. The Morgan fingerprint density at radius 2 is 1.86 bits per heavy atom. The average molecular weight is 326 g/mol. The van der Waals surface area contributed by atoms with E-state index in [1.54, 1.807) is 13.0 Å². The number of aliphatic carboxylic acids is 1. The number of carboxylic acids is 1. The predicted octanol–water partition coefficient (Wildman–Crippen LogP) is 3.52. The van der Waals surface area contributed by atoms with E-state index in [2.05, 4.69) is 5.32 Å². The van der Waals surface area contributed by atoms with Gasteiger partial charge in [-0.1, -0.05) is 50.6 Å². The lowest BCUT2D eigenvalue weighted by molar-refractivity contribution is -0.139. The zero-order valence-corrected chi connectivity index (χ0v) is 14.3. The number of amides is 1. The first kappa shape index (κ1) is 18.5. The number of halogens is 1. The summed E-state index contributed by atoms with van der Waals surface area (Å²) in [7, 11) is 0. The van der Waals surface area contributed by atoms with Gasteiger partial charge in [-0.15, -0.1) is 0 Å². The minimum absolute atomic E-state index is 0.0139. The average Bonchev–Trinajstić information content (AvgIpc) is 2.40. The van der Waals surface area contributed by atoms with E-state index >= 15 is 0 Å². The summed E-state index contributed by atoms with van der Waals surface area (Å²) in [6.07, 6.45) is 0.419. The summed E-state index contributed by atoms with van der Waals surface area (Å²) in [6, 6.07) is 7.42. The van der Waals surface area contributed by atoms with Crippen LogP contribution >= 0.6 is 11.6 Å². The number of carbonyl (C=O) groups excluding carboxylic acids is 1. The first-order chi connectivity index (χ1) is 10.2. The van der Waals surface area contributed by atoms with Gasteiger partial charge in [0.15, 0.2) is 0 Å². The molecule has 1 rings (SSSR count). The predicted molar refractivity (Wildman–Crippen MR) is 88.0 cm³/mol. The van der Waals surface area contributed by atoms with Crippen LogP contribution in [-0.2, 0) is 16.0 Å². The van der Waals surface area contributed by atoms with E-state index in [-0.39, 0.29) is 24.2 Å². The van der Waals surface area contributed by atoms with Crippen molar-refractivity contribution in [3.8, 4) is 0 Å². The summed E-state index contributed by atoms with van der Waals surface area (Å²) in [5.41, 5.74) is 0.147. The molecule has 1 aromatic rings. The van der Waals surface area contributed by atoms with Crippen LogP contribution in [0, 0.1) is 11.8 Å². The van der Waals surface area contributed by atoms with E-state index in [4.69, 9.17) is 16.7 Å². The molecule has 0 aliphatic rings. The Morgan fingerprint density at radius 1 is 1.27 bits per heavy atom. The molecule has 0 aliphatic carbocycles. The summed E-state index contributed by atoms with van der Waals surface area (Å²) in [5.74, 6) is -1.35. The van der Waals surface area contributed by atoms with Crippen molar-refractivity contribution in [2.45, 2.75) is 46.1 Å². The molecule has 4 nitrogen and oxygen atoms in total. The Hall–Kier alpha value is -1.55. The monoisotopic (exact) mass is 325 g/mol. The van der Waals surface area contributed by atoms with Crippen molar-refractivity contribution in [3.63, 3.8) is 0 Å². The normalized spacial score (nSPS) is 15.2. The van der Waals surface area contributed by atoms with Crippen LogP contribution in [0.3, 0.4) is 0 Å².